The summed E-state index contributed by atoms with van der Waals surface area (Å²) in [4.78, 5) is 4.71. The minimum Gasteiger partial charge on any atom is -0.378 e. The topological polar surface area (TPSA) is 15.7 Å². The van der Waals surface area contributed by atoms with Crippen LogP contribution < -0.4 is 4.90 Å². The number of anilines is 1. The van der Waals surface area contributed by atoms with Crippen molar-refractivity contribution >= 4 is 5.69 Å². The van der Waals surface area contributed by atoms with E-state index < -0.39 is 0 Å². The second-order valence-electron chi connectivity index (χ2n) is 5.46. The minimum absolute atomic E-state index is 0.531. The molecule has 106 valence electrons. The van der Waals surface area contributed by atoms with E-state index in [2.05, 4.69) is 55.1 Å². The lowest BCUT2D eigenvalue weighted by atomic mass is 10.0. The molecule has 0 radical (unpaired) electrons. The Morgan fingerprint density at radius 2 is 1.79 bits per heavy atom. The molecule has 3 heteroatoms. The van der Waals surface area contributed by atoms with Crippen LogP contribution in [0.1, 0.15) is 31.4 Å². The average Bonchev–Trinajstić information content (AvgIpc) is 2.46. The van der Waals surface area contributed by atoms with E-state index >= 15 is 0 Å². The molecule has 0 saturated carbocycles. The molecule has 1 heterocycles. The van der Waals surface area contributed by atoms with Gasteiger partial charge in [0.2, 0.25) is 0 Å². The number of hydrogen-bond acceptors (Lipinski definition) is 3. The van der Waals surface area contributed by atoms with Gasteiger partial charge in [0.15, 0.2) is 0 Å². The highest BCUT2D eigenvalue weighted by Crippen LogP contribution is 2.26. The summed E-state index contributed by atoms with van der Waals surface area (Å²) in [5, 5.41) is 0. The van der Waals surface area contributed by atoms with Crippen LogP contribution in [-0.2, 0) is 4.74 Å². The third-order valence-corrected chi connectivity index (χ3v) is 3.84. The van der Waals surface area contributed by atoms with Gasteiger partial charge >= 0.3 is 0 Å². The van der Waals surface area contributed by atoms with Gasteiger partial charge in [0, 0.05) is 24.8 Å². The highest BCUT2D eigenvalue weighted by atomic mass is 16.5. The van der Waals surface area contributed by atoms with Gasteiger partial charge in [-0.15, -0.1) is 0 Å². The quantitative estimate of drug-likeness (QED) is 0.811. The molecule has 1 unspecified atom stereocenters. The SMILES string of the molecule is CCCC(c1ccc(N2CCOCC2)cc1)N(C)C. The summed E-state index contributed by atoms with van der Waals surface area (Å²) < 4.78 is 5.40. The van der Waals surface area contributed by atoms with Crippen LogP contribution >= 0.6 is 0 Å². The Hall–Kier alpha value is -1.06. The van der Waals surface area contributed by atoms with E-state index in [0.717, 1.165) is 26.3 Å². The summed E-state index contributed by atoms with van der Waals surface area (Å²) in [6.07, 6.45) is 2.43. The summed E-state index contributed by atoms with van der Waals surface area (Å²) in [6, 6.07) is 9.61. The summed E-state index contributed by atoms with van der Waals surface area (Å²) >= 11 is 0. The van der Waals surface area contributed by atoms with E-state index in [9.17, 15) is 0 Å². The van der Waals surface area contributed by atoms with Gasteiger partial charge in [-0.2, -0.15) is 0 Å². The van der Waals surface area contributed by atoms with Crippen molar-refractivity contribution in [1.29, 1.82) is 0 Å². The standard InChI is InChI=1S/C16H26N2O/c1-4-5-16(17(2)3)14-6-8-15(9-7-14)18-10-12-19-13-11-18/h6-9,16H,4-5,10-13H2,1-3H3. The van der Waals surface area contributed by atoms with Gasteiger partial charge in [0.1, 0.15) is 0 Å². The molecule has 1 aromatic rings. The maximum atomic E-state index is 5.40. The normalized spacial score (nSPS) is 17.8. The van der Waals surface area contributed by atoms with Crippen LogP contribution in [-0.4, -0.2) is 45.3 Å². The zero-order chi connectivity index (χ0) is 13.7. The predicted octanol–water partition coefficient (Wildman–Crippen LogP) is 2.93. The van der Waals surface area contributed by atoms with Crippen molar-refractivity contribution in [2.45, 2.75) is 25.8 Å². The molecule has 0 bridgehead atoms. The van der Waals surface area contributed by atoms with Gasteiger partial charge in [-0.1, -0.05) is 25.5 Å². The van der Waals surface area contributed by atoms with Crippen LogP contribution in [0.4, 0.5) is 5.69 Å². The van der Waals surface area contributed by atoms with Gasteiger partial charge in [0.05, 0.1) is 13.2 Å². The highest BCUT2D eigenvalue weighted by Gasteiger charge is 2.15. The number of morpholine rings is 1. The second kappa shape index (κ2) is 6.92. The summed E-state index contributed by atoms with van der Waals surface area (Å²) in [5.41, 5.74) is 2.74. The van der Waals surface area contributed by atoms with Crippen molar-refractivity contribution in [2.24, 2.45) is 0 Å². The number of rotatable bonds is 5. The second-order valence-corrected chi connectivity index (χ2v) is 5.46. The van der Waals surface area contributed by atoms with Crippen LogP contribution in [0.25, 0.3) is 0 Å². The van der Waals surface area contributed by atoms with Crippen LogP contribution in [0, 0.1) is 0 Å². The minimum atomic E-state index is 0.531. The Bertz CT molecular complexity index is 369. The first-order valence-electron chi connectivity index (χ1n) is 7.31. The first-order valence-corrected chi connectivity index (χ1v) is 7.31. The molecule has 0 N–H and O–H groups in total. The van der Waals surface area contributed by atoms with Gasteiger partial charge in [0.25, 0.3) is 0 Å². The molecule has 1 saturated heterocycles. The Labute approximate surface area is 117 Å². The Kier molecular flexibility index (Phi) is 5.23. The Morgan fingerprint density at radius 1 is 1.16 bits per heavy atom. The first-order chi connectivity index (χ1) is 9.22. The van der Waals surface area contributed by atoms with Crippen LogP contribution in [0.15, 0.2) is 24.3 Å². The Balaban J connectivity index is 2.07. The van der Waals surface area contributed by atoms with E-state index in [4.69, 9.17) is 4.74 Å². The van der Waals surface area contributed by atoms with E-state index in [1.54, 1.807) is 0 Å². The van der Waals surface area contributed by atoms with Crippen molar-refractivity contribution in [1.82, 2.24) is 4.90 Å². The third-order valence-electron chi connectivity index (χ3n) is 3.84. The smallest absolute Gasteiger partial charge is 0.0642 e. The van der Waals surface area contributed by atoms with Crippen molar-refractivity contribution in [2.75, 3.05) is 45.3 Å². The molecule has 1 aliphatic rings. The zero-order valence-corrected chi connectivity index (χ0v) is 12.4. The summed E-state index contributed by atoms with van der Waals surface area (Å²) in [5.74, 6) is 0. The fourth-order valence-corrected chi connectivity index (χ4v) is 2.73. The lowest BCUT2D eigenvalue weighted by Crippen LogP contribution is -2.36. The maximum Gasteiger partial charge on any atom is 0.0642 e. The zero-order valence-electron chi connectivity index (χ0n) is 12.4. The number of hydrogen-bond donors (Lipinski definition) is 0. The highest BCUT2D eigenvalue weighted by molar-refractivity contribution is 5.48. The average molecular weight is 262 g/mol. The van der Waals surface area contributed by atoms with Crippen LogP contribution in [0.3, 0.4) is 0 Å². The van der Waals surface area contributed by atoms with Gasteiger partial charge < -0.3 is 14.5 Å². The van der Waals surface area contributed by atoms with E-state index in [-0.39, 0.29) is 0 Å². The van der Waals surface area contributed by atoms with Crippen LogP contribution in [0.5, 0.6) is 0 Å². The molecule has 1 fully saturated rings. The van der Waals surface area contributed by atoms with Crippen LogP contribution in [0.2, 0.25) is 0 Å². The van der Waals surface area contributed by atoms with Gasteiger partial charge in [-0.3, -0.25) is 0 Å². The predicted molar refractivity (Wildman–Crippen MR) is 80.8 cm³/mol. The fourth-order valence-electron chi connectivity index (χ4n) is 2.73. The molecule has 19 heavy (non-hydrogen) atoms. The number of nitrogens with zero attached hydrogens (tertiary/aromatic N) is 2. The number of ether oxygens (including phenoxy) is 1. The van der Waals surface area contributed by atoms with Crippen molar-refractivity contribution in [3.63, 3.8) is 0 Å². The molecule has 0 aliphatic carbocycles. The molecule has 0 spiro atoms. The van der Waals surface area contributed by atoms with Crippen molar-refractivity contribution in [3.05, 3.63) is 29.8 Å². The molecule has 0 amide bonds. The van der Waals surface area contributed by atoms with Crippen molar-refractivity contribution in [3.8, 4) is 0 Å². The maximum absolute atomic E-state index is 5.40. The largest absolute Gasteiger partial charge is 0.378 e. The molecule has 0 aromatic heterocycles. The molecule has 3 nitrogen and oxygen atoms in total. The monoisotopic (exact) mass is 262 g/mol. The summed E-state index contributed by atoms with van der Waals surface area (Å²) in [7, 11) is 4.33. The molecular formula is C16H26N2O. The number of benzene rings is 1. The van der Waals surface area contributed by atoms with Gasteiger partial charge in [-0.25, -0.2) is 0 Å². The molecular weight excluding hydrogens is 236 g/mol. The van der Waals surface area contributed by atoms with Gasteiger partial charge in [-0.05, 0) is 38.2 Å². The van der Waals surface area contributed by atoms with E-state index in [1.165, 1.54) is 24.1 Å². The molecule has 1 aliphatic heterocycles. The Morgan fingerprint density at radius 3 is 2.32 bits per heavy atom. The van der Waals surface area contributed by atoms with Crippen molar-refractivity contribution < 1.29 is 4.74 Å². The lowest BCUT2D eigenvalue weighted by Gasteiger charge is -2.30. The first kappa shape index (κ1) is 14.4. The molecule has 2 rings (SSSR count). The van der Waals surface area contributed by atoms with E-state index in [0.29, 0.717) is 6.04 Å². The molecule has 1 atom stereocenters. The van der Waals surface area contributed by atoms with E-state index in [1.807, 2.05) is 0 Å². The summed E-state index contributed by atoms with van der Waals surface area (Å²) in [6.45, 7) is 5.95. The lowest BCUT2D eigenvalue weighted by molar-refractivity contribution is 0.122. The third kappa shape index (κ3) is 3.71. The fraction of sp³-hybridized carbons (Fsp3) is 0.625. The molecule has 1 aromatic carbocycles.